The number of nitrogens with one attached hydrogen (secondary N) is 1. The number of hydrogen-bond acceptors (Lipinski definition) is 4. The summed E-state index contributed by atoms with van der Waals surface area (Å²) in [6, 6.07) is 22.5. The molecule has 2 heterocycles. The lowest BCUT2D eigenvalue weighted by Crippen LogP contribution is -2.27. The zero-order valence-electron chi connectivity index (χ0n) is 20.4. The maximum absolute atomic E-state index is 13.5. The highest BCUT2D eigenvalue weighted by Gasteiger charge is 2.22. The molecule has 0 atom stereocenters. The van der Waals surface area contributed by atoms with Crippen molar-refractivity contribution in [1.82, 2.24) is 14.7 Å². The molecule has 1 aliphatic rings. The Morgan fingerprint density at radius 2 is 1.69 bits per heavy atom. The van der Waals surface area contributed by atoms with Gasteiger partial charge in [0.25, 0.3) is 11.8 Å². The van der Waals surface area contributed by atoms with Gasteiger partial charge in [0.05, 0.1) is 18.4 Å². The third kappa shape index (κ3) is 4.86. The number of amides is 2. The van der Waals surface area contributed by atoms with Crippen LogP contribution in [0.25, 0.3) is 16.9 Å². The predicted octanol–water partition coefficient (Wildman–Crippen LogP) is 5.34. The number of anilines is 1. The lowest BCUT2D eigenvalue weighted by molar-refractivity contribution is 0.0792. The summed E-state index contributed by atoms with van der Waals surface area (Å²) in [6.07, 6.45) is 3.79. The van der Waals surface area contributed by atoms with Crippen LogP contribution in [0, 0.1) is 6.92 Å². The minimum Gasteiger partial charge on any atom is -0.497 e. The molecule has 5 rings (SSSR count). The summed E-state index contributed by atoms with van der Waals surface area (Å²) >= 11 is 0. The summed E-state index contributed by atoms with van der Waals surface area (Å²) in [6.45, 7) is 3.57. The Bertz CT molecular complexity index is 1400. The number of aryl methyl sites for hydroxylation is 1. The molecule has 7 nitrogen and oxygen atoms in total. The van der Waals surface area contributed by atoms with E-state index in [2.05, 4.69) is 5.32 Å². The zero-order valence-corrected chi connectivity index (χ0v) is 20.4. The van der Waals surface area contributed by atoms with Crippen molar-refractivity contribution in [2.75, 3.05) is 25.5 Å². The monoisotopic (exact) mass is 480 g/mol. The van der Waals surface area contributed by atoms with Crippen molar-refractivity contribution in [2.45, 2.75) is 19.8 Å². The summed E-state index contributed by atoms with van der Waals surface area (Å²) < 4.78 is 7.09. The van der Waals surface area contributed by atoms with Crippen LogP contribution in [0.2, 0.25) is 0 Å². The van der Waals surface area contributed by atoms with Crippen molar-refractivity contribution in [1.29, 1.82) is 0 Å². The largest absolute Gasteiger partial charge is 0.497 e. The topological polar surface area (TPSA) is 76.5 Å². The van der Waals surface area contributed by atoms with Crippen molar-refractivity contribution in [3.05, 3.63) is 95.7 Å². The number of ether oxygens (including phenoxy) is 1. The minimum absolute atomic E-state index is 0.00661. The lowest BCUT2D eigenvalue weighted by Gasteiger charge is -2.15. The summed E-state index contributed by atoms with van der Waals surface area (Å²) in [7, 11) is 1.61. The fourth-order valence-corrected chi connectivity index (χ4v) is 4.38. The third-order valence-electron chi connectivity index (χ3n) is 6.36. The van der Waals surface area contributed by atoms with Gasteiger partial charge in [-0.15, -0.1) is 0 Å². The van der Waals surface area contributed by atoms with Crippen molar-refractivity contribution >= 4 is 17.5 Å². The first kappa shape index (κ1) is 23.4. The van der Waals surface area contributed by atoms with E-state index in [4.69, 9.17) is 9.84 Å². The number of likely N-dealkylation sites (tertiary alicyclic amines) is 1. The summed E-state index contributed by atoms with van der Waals surface area (Å²) in [4.78, 5) is 28.2. The number of carbonyl (C=O) groups excluding carboxylic acids is 2. The van der Waals surface area contributed by atoms with Crippen LogP contribution in [0.4, 0.5) is 5.69 Å². The summed E-state index contributed by atoms with van der Waals surface area (Å²) in [5.74, 6) is 0.363. The number of aromatic nitrogens is 2. The zero-order chi connectivity index (χ0) is 25.1. The molecule has 1 saturated heterocycles. The molecule has 0 radical (unpaired) electrons. The lowest BCUT2D eigenvalue weighted by atomic mass is 10.1. The highest BCUT2D eigenvalue weighted by atomic mass is 16.5. The predicted molar refractivity (Wildman–Crippen MR) is 140 cm³/mol. The van der Waals surface area contributed by atoms with Gasteiger partial charge >= 0.3 is 0 Å². The third-order valence-corrected chi connectivity index (χ3v) is 6.36. The highest BCUT2D eigenvalue weighted by Crippen LogP contribution is 2.28. The average Bonchev–Trinajstić information content (AvgIpc) is 3.60. The van der Waals surface area contributed by atoms with E-state index in [1.807, 2.05) is 60.4 Å². The molecule has 4 aromatic rings. The van der Waals surface area contributed by atoms with Crippen molar-refractivity contribution in [3.63, 3.8) is 0 Å². The minimum atomic E-state index is -0.308. The Kier molecular flexibility index (Phi) is 6.54. The van der Waals surface area contributed by atoms with Crippen LogP contribution in [0.1, 0.15) is 39.1 Å². The molecule has 1 aromatic heterocycles. The Hall–Kier alpha value is -4.39. The van der Waals surface area contributed by atoms with E-state index in [1.54, 1.807) is 42.3 Å². The van der Waals surface area contributed by atoms with Gasteiger partial charge in [0.2, 0.25) is 0 Å². The molecule has 0 bridgehead atoms. The number of carbonyl (C=O) groups is 2. The van der Waals surface area contributed by atoms with Crippen molar-refractivity contribution in [2.24, 2.45) is 0 Å². The standard InChI is InChI=1S/C29H28N4O3/c1-20-11-13-24(14-12-20)33-19-26(27(31-33)21-7-6-10-25(18-21)36-2)28(34)30-23-9-5-8-22(17-23)29(35)32-15-3-4-16-32/h5-14,17-19H,3-4,15-16H2,1-2H3,(H,30,34). The second-order valence-electron chi connectivity index (χ2n) is 8.94. The van der Waals surface area contributed by atoms with Gasteiger partial charge in [-0.2, -0.15) is 5.10 Å². The van der Waals surface area contributed by atoms with E-state index in [1.165, 1.54) is 0 Å². The number of hydrogen-bond donors (Lipinski definition) is 1. The van der Waals surface area contributed by atoms with Crippen LogP contribution < -0.4 is 10.1 Å². The summed E-state index contributed by atoms with van der Waals surface area (Å²) in [5.41, 5.74) is 4.84. The van der Waals surface area contributed by atoms with Gasteiger partial charge in [-0.25, -0.2) is 4.68 Å². The molecule has 2 amide bonds. The molecule has 0 unspecified atom stereocenters. The van der Waals surface area contributed by atoms with Crippen molar-refractivity contribution < 1.29 is 14.3 Å². The molecule has 0 spiro atoms. The van der Waals surface area contributed by atoms with Crippen LogP contribution >= 0.6 is 0 Å². The maximum atomic E-state index is 13.5. The Labute approximate surface area is 210 Å². The first-order valence-electron chi connectivity index (χ1n) is 12.0. The quantitative estimate of drug-likeness (QED) is 0.404. The van der Waals surface area contributed by atoms with Crippen LogP contribution in [-0.2, 0) is 0 Å². The number of rotatable bonds is 6. The molecule has 0 saturated carbocycles. The molecule has 182 valence electrons. The first-order valence-corrected chi connectivity index (χ1v) is 12.0. The van der Waals surface area contributed by atoms with Crippen LogP contribution in [0.5, 0.6) is 5.75 Å². The van der Waals surface area contributed by atoms with Crippen molar-refractivity contribution in [3.8, 4) is 22.7 Å². The van der Waals surface area contributed by atoms with Gasteiger partial charge in [-0.05, 0) is 62.2 Å². The van der Waals surface area contributed by atoms with E-state index in [0.29, 0.717) is 28.3 Å². The van der Waals surface area contributed by atoms with Gasteiger partial charge in [0.15, 0.2) is 0 Å². The van der Waals surface area contributed by atoms with Gasteiger partial charge in [0.1, 0.15) is 11.4 Å². The Morgan fingerprint density at radius 3 is 2.44 bits per heavy atom. The molecular formula is C29H28N4O3. The van der Waals surface area contributed by atoms with E-state index in [0.717, 1.165) is 42.7 Å². The number of benzene rings is 3. The second-order valence-corrected chi connectivity index (χ2v) is 8.94. The van der Waals surface area contributed by atoms with E-state index < -0.39 is 0 Å². The fourth-order valence-electron chi connectivity index (χ4n) is 4.38. The number of methoxy groups -OCH3 is 1. The van der Waals surface area contributed by atoms with E-state index >= 15 is 0 Å². The smallest absolute Gasteiger partial charge is 0.259 e. The highest BCUT2D eigenvalue weighted by molar-refractivity contribution is 6.08. The van der Waals surface area contributed by atoms with Gasteiger partial charge < -0.3 is 15.0 Å². The summed E-state index contributed by atoms with van der Waals surface area (Å²) in [5, 5.41) is 7.72. The SMILES string of the molecule is COc1cccc(-c2nn(-c3ccc(C)cc3)cc2C(=O)Nc2cccc(C(=O)N3CCCC3)c2)c1. The molecule has 3 aromatic carbocycles. The van der Waals surface area contributed by atoms with Gasteiger partial charge in [-0.1, -0.05) is 35.9 Å². The van der Waals surface area contributed by atoms with Crippen LogP contribution in [-0.4, -0.2) is 46.7 Å². The van der Waals surface area contributed by atoms with Crippen LogP contribution in [0.15, 0.2) is 79.0 Å². The van der Waals surface area contributed by atoms with Gasteiger partial charge in [0, 0.05) is 36.1 Å². The number of nitrogens with zero attached hydrogens (tertiary/aromatic N) is 3. The first-order chi connectivity index (χ1) is 17.5. The second kappa shape index (κ2) is 10.1. The van der Waals surface area contributed by atoms with Gasteiger partial charge in [-0.3, -0.25) is 9.59 Å². The van der Waals surface area contributed by atoms with Crippen LogP contribution in [0.3, 0.4) is 0 Å². The molecule has 7 heteroatoms. The molecule has 0 aliphatic carbocycles. The molecular weight excluding hydrogens is 452 g/mol. The van der Waals surface area contributed by atoms with E-state index in [-0.39, 0.29) is 11.8 Å². The Balaban J connectivity index is 1.48. The normalized spacial score (nSPS) is 13.0. The average molecular weight is 481 g/mol. The molecule has 1 aliphatic heterocycles. The fraction of sp³-hybridized carbons (Fsp3) is 0.207. The maximum Gasteiger partial charge on any atom is 0.259 e. The molecule has 1 N–H and O–H groups in total. The van der Waals surface area contributed by atoms with E-state index in [9.17, 15) is 9.59 Å². The molecule has 1 fully saturated rings. The molecule has 36 heavy (non-hydrogen) atoms. The Morgan fingerprint density at radius 1 is 0.944 bits per heavy atom.